The van der Waals surface area contributed by atoms with Gasteiger partial charge in [-0.2, -0.15) is 0 Å². The van der Waals surface area contributed by atoms with Gasteiger partial charge in [-0.05, 0) is 24.6 Å². The molecule has 100 valence electrons. The fraction of sp³-hybridized carbons (Fsp3) is 0.286. The minimum absolute atomic E-state index is 0.128. The minimum atomic E-state index is -1.000. The molecule has 0 aromatic heterocycles. The summed E-state index contributed by atoms with van der Waals surface area (Å²) in [4.78, 5) is 23.7. The molecule has 0 radical (unpaired) electrons. The standard InChI is InChI=1S/C14H15NO4/c16-13-6-2-8-15(13)11-4-1-5-12(10-11)19-9-3-7-14(17)18/h1,3-5,7,10H,2,6,8-9H2,(H,17,18). The smallest absolute Gasteiger partial charge is 0.328 e. The number of ether oxygens (including phenoxy) is 1. The summed E-state index contributed by atoms with van der Waals surface area (Å²) in [5.74, 6) is -0.254. The summed E-state index contributed by atoms with van der Waals surface area (Å²) < 4.78 is 5.40. The lowest BCUT2D eigenvalue weighted by atomic mass is 10.3. The van der Waals surface area contributed by atoms with Crippen LogP contribution in [0.3, 0.4) is 0 Å². The van der Waals surface area contributed by atoms with Crippen molar-refractivity contribution in [2.45, 2.75) is 12.8 Å². The zero-order valence-corrected chi connectivity index (χ0v) is 10.4. The number of benzene rings is 1. The highest BCUT2D eigenvalue weighted by Crippen LogP contribution is 2.25. The largest absolute Gasteiger partial charge is 0.489 e. The number of rotatable bonds is 5. The Bertz CT molecular complexity index is 510. The van der Waals surface area contributed by atoms with E-state index in [-0.39, 0.29) is 12.5 Å². The Morgan fingerprint density at radius 2 is 2.32 bits per heavy atom. The Labute approximate surface area is 111 Å². The van der Waals surface area contributed by atoms with Gasteiger partial charge in [0.05, 0.1) is 0 Å². The average molecular weight is 261 g/mol. The number of hydrogen-bond acceptors (Lipinski definition) is 3. The summed E-state index contributed by atoms with van der Waals surface area (Å²) in [6.45, 7) is 0.922. The molecule has 1 aliphatic rings. The summed E-state index contributed by atoms with van der Waals surface area (Å²) in [6.07, 6.45) is 3.93. The Kier molecular flexibility index (Phi) is 4.18. The molecule has 1 aromatic carbocycles. The number of carbonyl (C=O) groups is 2. The van der Waals surface area contributed by atoms with Crippen molar-refractivity contribution in [2.75, 3.05) is 18.1 Å². The van der Waals surface area contributed by atoms with Gasteiger partial charge in [0.2, 0.25) is 5.91 Å². The predicted molar refractivity (Wildman–Crippen MR) is 70.3 cm³/mol. The van der Waals surface area contributed by atoms with Crippen molar-refractivity contribution in [3.63, 3.8) is 0 Å². The molecule has 1 amide bonds. The van der Waals surface area contributed by atoms with Gasteiger partial charge in [-0.3, -0.25) is 4.79 Å². The maximum absolute atomic E-state index is 11.6. The Balaban J connectivity index is 1.99. The lowest BCUT2D eigenvalue weighted by molar-refractivity contribution is -0.131. The minimum Gasteiger partial charge on any atom is -0.489 e. The van der Waals surface area contributed by atoms with Gasteiger partial charge >= 0.3 is 5.97 Å². The number of carboxylic acid groups (broad SMARTS) is 1. The molecule has 1 saturated heterocycles. The molecule has 1 heterocycles. The van der Waals surface area contributed by atoms with Crippen molar-refractivity contribution < 1.29 is 19.4 Å². The van der Waals surface area contributed by atoms with Crippen molar-refractivity contribution >= 4 is 17.6 Å². The molecule has 0 atom stereocenters. The molecule has 2 rings (SSSR count). The molecule has 1 aromatic rings. The van der Waals surface area contributed by atoms with E-state index < -0.39 is 5.97 Å². The Morgan fingerprint density at radius 3 is 3.00 bits per heavy atom. The second-order valence-corrected chi connectivity index (χ2v) is 4.20. The first kappa shape index (κ1) is 13.1. The van der Waals surface area contributed by atoms with Crippen LogP contribution in [0.2, 0.25) is 0 Å². The fourth-order valence-electron chi connectivity index (χ4n) is 1.96. The molecule has 0 unspecified atom stereocenters. The molecule has 1 aliphatic heterocycles. The number of nitrogens with zero attached hydrogens (tertiary/aromatic N) is 1. The highest BCUT2D eigenvalue weighted by atomic mass is 16.5. The maximum Gasteiger partial charge on any atom is 0.328 e. The topological polar surface area (TPSA) is 66.8 Å². The Hall–Kier alpha value is -2.30. The van der Waals surface area contributed by atoms with E-state index in [4.69, 9.17) is 9.84 Å². The quantitative estimate of drug-likeness (QED) is 0.821. The van der Waals surface area contributed by atoms with Gasteiger partial charge in [0.25, 0.3) is 0 Å². The predicted octanol–water partition coefficient (Wildman–Crippen LogP) is 1.83. The van der Waals surface area contributed by atoms with E-state index in [9.17, 15) is 9.59 Å². The van der Waals surface area contributed by atoms with Crippen LogP contribution in [0.5, 0.6) is 5.75 Å². The first-order valence-corrected chi connectivity index (χ1v) is 6.09. The molecule has 1 N–H and O–H groups in total. The van der Waals surface area contributed by atoms with E-state index >= 15 is 0 Å². The van der Waals surface area contributed by atoms with Crippen molar-refractivity contribution in [2.24, 2.45) is 0 Å². The van der Waals surface area contributed by atoms with Gasteiger partial charge < -0.3 is 14.7 Å². The lowest BCUT2D eigenvalue weighted by Crippen LogP contribution is -2.23. The third-order valence-corrected chi connectivity index (χ3v) is 2.81. The van der Waals surface area contributed by atoms with Gasteiger partial charge in [0, 0.05) is 30.8 Å². The lowest BCUT2D eigenvalue weighted by Gasteiger charge is -2.16. The normalized spacial score (nSPS) is 15.2. The monoisotopic (exact) mass is 261 g/mol. The van der Waals surface area contributed by atoms with Crippen LogP contribution >= 0.6 is 0 Å². The van der Waals surface area contributed by atoms with Crippen molar-refractivity contribution in [1.29, 1.82) is 0 Å². The molecular weight excluding hydrogens is 246 g/mol. The molecule has 0 aliphatic carbocycles. The number of amides is 1. The van der Waals surface area contributed by atoms with Crippen molar-refractivity contribution in [1.82, 2.24) is 0 Å². The van der Waals surface area contributed by atoms with Gasteiger partial charge in [0.15, 0.2) is 0 Å². The van der Waals surface area contributed by atoms with Crippen LogP contribution < -0.4 is 9.64 Å². The Morgan fingerprint density at radius 1 is 1.47 bits per heavy atom. The molecule has 0 saturated carbocycles. The number of hydrogen-bond donors (Lipinski definition) is 1. The van der Waals surface area contributed by atoms with E-state index in [1.165, 1.54) is 6.08 Å². The van der Waals surface area contributed by atoms with Gasteiger partial charge in [-0.1, -0.05) is 6.07 Å². The van der Waals surface area contributed by atoms with Gasteiger partial charge in [-0.25, -0.2) is 4.79 Å². The van der Waals surface area contributed by atoms with Gasteiger partial charge in [0.1, 0.15) is 12.4 Å². The van der Waals surface area contributed by atoms with Crippen LogP contribution in [-0.4, -0.2) is 30.1 Å². The molecule has 0 spiro atoms. The first-order valence-electron chi connectivity index (χ1n) is 6.09. The molecular formula is C14H15NO4. The van der Waals surface area contributed by atoms with E-state index in [0.717, 1.165) is 24.7 Å². The number of anilines is 1. The van der Waals surface area contributed by atoms with E-state index in [1.54, 1.807) is 17.0 Å². The summed E-state index contributed by atoms with van der Waals surface area (Å²) in [5, 5.41) is 8.44. The highest BCUT2D eigenvalue weighted by Gasteiger charge is 2.21. The number of carboxylic acids is 1. The number of aliphatic carboxylic acids is 1. The average Bonchev–Trinajstić information content (AvgIpc) is 2.81. The molecule has 19 heavy (non-hydrogen) atoms. The van der Waals surface area contributed by atoms with Crippen LogP contribution in [-0.2, 0) is 9.59 Å². The van der Waals surface area contributed by atoms with Crippen molar-refractivity contribution in [3.8, 4) is 5.75 Å². The summed E-state index contributed by atoms with van der Waals surface area (Å²) in [7, 11) is 0. The fourth-order valence-corrected chi connectivity index (χ4v) is 1.96. The van der Waals surface area contributed by atoms with E-state index in [0.29, 0.717) is 12.2 Å². The maximum atomic E-state index is 11.6. The van der Waals surface area contributed by atoms with Crippen LogP contribution in [0.4, 0.5) is 5.69 Å². The molecule has 0 bridgehead atoms. The van der Waals surface area contributed by atoms with Crippen LogP contribution in [0.1, 0.15) is 12.8 Å². The second kappa shape index (κ2) is 6.04. The summed E-state index contributed by atoms with van der Waals surface area (Å²) in [5.41, 5.74) is 0.821. The third-order valence-electron chi connectivity index (χ3n) is 2.81. The van der Waals surface area contributed by atoms with Crippen LogP contribution in [0.15, 0.2) is 36.4 Å². The van der Waals surface area contributed by atoms with Crippen LogP contribution in [0.25, 0.3) is 0 Å². The molecule has 1 fully saturated rings. The highest BCUT2D eigenvalue weighted by molar-refractivity contribution is 5.95. The zero-order valence-electron chi connectivity index (χ0n) is 10.4. The number of carbonyl (C=O) groups excluding carboxylic acids is 1. The SMILES string of the molecule is O=C(O)C=CCOc1cccc(N2CCCC2=O)c1. The second-order valence-electron chi connectivity index (χ2n) is 4.20. The molecule has 5 nitrogen and oxygen atoms in total. The zero-order chi connectivity index (χ0) is 13.7. The van der Waals surface area contributed by atoms with Crippen LogP contribution in [0, 0.1) is 0 Å². The third kappa shape index (κ3) is 3.58. The van der Waals surface area contributed by atoms with Gasteiger partial charge in [-0.15, -0.1) is 0 Å². The van der Waals surface area contributed by atoms with E-state index in [1.807, 2.05) is 12.1 Å². The first-order chi connectivity index (χ1) is 9.16. The van der Waals surface area contributed by atoms with E-state index in [2.05, 4.69) is 0 Å². The molecule has 5 heteroatoms. The summed E-state index contributed by atoms with van der Waals surface area (Å²) in [6, 6.07) is 7.25. The van der Waals surface area contributed by atoms with Crippen molar-refractivity contribution in [3.05, 3.63) is 36.4 Å². The summed E-state index contributed by atoms with van der Waals surface area (Å²) >= 11 is 0.